The molecule has 29 heavy (non-hydrogen) atoms. The minimum absolute atomic E-state index is 0.223. The first-order chi connectivity index (χ1) is 14.1. The van der Waals surface area contributed by atoms with E-state index in [1.54, 1.807) is 16.0 Å². The predicted molar refractivity (Wildman–Crippen MR) is 116 cm³/mol. The Morgan fingerprint density at radius 1 is 1.07 bits per heavy atom. The van der Waals surface area contributed by atoms with Crippen molar-refractivity contribution in [3.8, 4) is 5.75 Å². The topological polar surface area (TPSA) is 71.3 Å². The van der Waals surface area contributed by atoms with Crippen LogP contribution in [0, 0.1) is 0 Å². The normalized spacial score (nSPS) is 12.0. The molecule has 1 amide bonds. The molecule has 2 aromatic heterocycles. The molecule has 0 fully saturated rings. The molecule has 4 rings (SSSR count). The van der Waals surface area contributed by atoms with Gasteiger partial charge in [0.1, 0.15) is 5.56 Å². The summed E-state index contributed by atoms with van der Waals surface area (Å²) in [6.07, 6.45) is 0. The molecule has 5 nitrogen and oxygen atoms in total. The first kappa shape index (κ1) is 19.0. The second kappa shape index (κ2) is 7.93. The van der Waals surface area contributed by atoms with Gasteiger partial charge in [-0.25, -0.2) is 0 Å². The van der Waals surface area contributed by atoms with Crippen molar-refractivity contribution in [2.24, 2.45) is 0 Å². The molecule has 2 heterocycles. The third-order valence-electron chi connectivity index (χ3n) is 4.90. The van der Waals surface area contributed by atoms with Crippen LogP contribution in [0.3, 0.4) is 0 Å². The Hall–Kier alpha value is -3.38. The van der Waals surface area contributed by atoms with Crippen molar-refractivity contribution in [1.29, 1.82) is 0 Å². The fraction of sp³-hybridized carbons (Fsp3) is 0.130. The number of benzene rings is 2. The Labute approximate surface area is 171 Å². The van der Waals surface area contributed by atoms with Crippen LogP contribution in [-0.2, 0) is 6.54 Å². The smallest absolute Gasteiger partial charge is 0.268 e. The van der Waals surface area contributed by atoms with Gasteiger partial charge < -0.3 is 15.0 Å². The molecular weight excluding hydrogens is 384 g/mol. The predicted octanol–water partition coefficient (Wildman–Crippen LogP) is 4.31. The van der Waals surface area contributed by atoms with Gasteiger partial charge in [-0.15, -0.1) is 11.3 Å². The largest absolute Gasteiger partial charge is 0.505 e. The van der Waals surface area contributed by atoms with Crippen molar-refractivity contribution in [2.45, 2.75) is 19.5 Å². The first-order valence-electron chi connectivity index (χ1n) is 9.29. The van der Waals surface area contributed by atoms with Crippen LogP contribution < -0.4 is 10.9 Å². The summed E-state index contributed by atoms with van der Waals surface area (Å²) in [6.45, 7) is 2.16. The number of carbonyl (C=O) groups is 1. The van der Waals surface area contributed by atoms with Crippen molar-refractivity contribution in [1.82, 2.24) is 9.88 Å². The van der Waals surface area contributed by atoms with E-state index in [2.05, 4.69) is 5.32 Å². The number of aromatic hydroxyl groups is 1. The molecular formula is C23H20N2O3S. The van der Waals surface area contributed by atoms with Crippen LogP contribution >= 0.6 is 11.3 Å². The van der Waals surface area contributed by atoms with E-state index in [1.165, 1.54) is 11.3 Å². The number of aromatic nitrogens is 1. The zero-order chi connectivity index (χ0) is 20.4. The summed E-state index contributed by atoms with van der Waals surface area (Å²) in [5.41, 5.74) is 1.75. The summed E-state index contributed by atoms with van der Waals surface area (Å²) in [5.74, 6) is -0.844. The van der Waals surface area contributed by atoms with Gasteiger partial charge in [0.15, 0.2) is 5.75 Å². The lowest BCUT2D eigenvalue weighted by Crippen LogP contribution is -2.34. The summed E-state index contributed by atoms with van der Waals surface area (Å²) in [5, 5.41) is 15.3. The SMILES string of the molecule is CC(NC(=O)c1c(O)c2sccc2n(Cc2ccccc2)c1=O)c1ccccc1. The van der Waals surface area contributed by atoms with Crippen LogP contribution in [0.15, 0.2) is 76.9 Å². The number of rotatable bonds is 5. The van der Waals surface area contributed by atoms with Crippen molar-refractivity contribution >= 4 is 27.5 Å². The molecule has 6 heteroatoms. The highest BCUT2D eigenvalue weighted by Gasteiger charge is 2.24. The molecule has 1 unspecified atom stereocenters. The third kappa shape index (κ3) is 3.67. The van der Waals surface area contributed by atoms with E-state index >= 15 is 0 Å². The van der Waals surface area contributed by atoms with E-state index < -0.39 is 11.5 Å². The highest BCUT2D eigenvalue weighted by atomic mass is 32.1. The number of hydrogen-bond acceptors (Lipinski definition) is 4. The molecule has 146 valence electrons. The van der Waals surface area contributed by atoms with Gasteiger partial charge in [-0.1, -0.05) is 60.7 Å². The summed E-state index contributed by atoms with van der Waals surface area (Å²) < 4.78 is 2.07. The molecule has 2 N–H and O–H groups in total. The fourth-order valence-electron chi connectivity index (χ4n) is 3.37. The third-order valence-corrected chi connectivity index (χ3v) is 5.81. The van der Waals surface area contributed by atoms with Crippen LogP contribution in [-0.4, -0.2) is 15.6 Å². The van der Waals surface area contributed by atoms with Gasteiger partial charge >= 0.3 is 0 Å². The summed E-state index contributed by atoms with van der Waals surface area (Å²) in [6, 6.07) is 20.5. The number of hydrogen-bond donors (Lipinski definition) is 2. The summed E-state index contributed by atoms with van der Waals surface area (Å²) in [7, 11) is 0. The van der Waals surface area contributed by atoms with Crippen molar-refractivity contribution < 1.29 is 9.90 Å². The van der Waals surface area contributed by atoms with Gasteiger partial charge in [0.05, 0.1) is 22.8 Å². The molecule has 0 saturated heterocycles. The van der Waals surface area contributed by atoms with Crippen LogP contribution in [0.1, 0.15) is 34.5 Å². The van der Waals surface area contributed by atoms with Gasteiger partial charge in [-0.2, -0.15) is 0 Å². The molecule has 0 aliphatic heterocycles. The molecule has 4 aromatic rings. The quantitative estimate of drug-likeness (QED) is 0.521. The number of pyridine rings is 1. The summed E-state index contributed by atoms with van der Waals surface area (Å²) >= 11 is 1.30. The zero-order valence-corrected chi connectivity index (χ0v) is 16.6. The molecule has 0 saturated carbocycles. The Balaban J connectivity index is 1.76. The lowest BCUT2D eigenvalue weighted by Gasteiger charge is -2.16. The average Bonchev–Trinajstić information content (AvgIpc) is 3.23. The molecule has 0 aliphatic rings. The molecule has 2 aromatic carbocycles. The number of nitrogens with zero attached hydrogens (tertiary/aromatic N) is 1. The number of amides is 1. The van der Waals surface area contributed by atoms with Crippen molar-refractivity contribution in [2.75, 3.05) is 0 Å². The van der Waals surface area contributed by atoms with Crippen molar-refractivity contribution in [3.63, 3.8) is 0 Å². The average molecular weight is 404 g/mol. The molecule has 0 bridgehead atoms. The minimum atomic E-state index is -0.582. The second-order valence-corrected chi connectivity index (χ2v) is 7.76. The fourth-order valence-corrected chi connectivity index (χ4v) is 4.22. The Morgan fingerprint density at radius 2 is 1.72 bits per heavy atom. The minimum Gasteiger partial charge on any atom is -0.505 e. The second-order valence-electron chi connectivity index (χ2n) is 6.84. The Kier molecular flexibility index (Phi) is 5.18. The molecule has 0 spiro atoms. The van der Waals surface area contributed by atoms with Crippen LogP contribution in [0.4, 0.5) is 0 Å². The van der Waals surface area contributed by atoms with Gasteiger partial charge in [0.2, 0.25) is 0 Å². The van der Waals surface area contributed by atoms with Crippen molar-refractivity contribution in [3.05, 3.63) is 99.2 Å². The van der Waals surface area contributed by atoms with E-state index in [0.29, 0.717) is 16.8 Å². The number of fused-ring (bicyclic) bond motifs is 1. The van der Waals surface area contributed by atoms with E-state index in [-0.39, 0.29) is 17.4 Å². The van der Waals surface area contributed by atoms with Crippen LogP contribution in [0.2, 0.25) is 0 Å². The van der Waals surface area contributed by atoms with Gasteiger partial charge in [0.25, 0.3) is 11.5 Å². The van der Waals surface area contributed by atoms with Gasteiger partial charge in [-0.3, -0.25) is 9.59 Å². The van der Waals surface area contributed by atoms with E-state index in [0.717, 1.165) is 11.1 Å². The highest BCUT2D eigenvalue weighted by Crippen LogP contribution is 2.31. The number of nitrogens with one attached hydrogen (secondary N) is 1. The van der Waals surface area contributed by atoms with Crippen LogP contribution in [0.25, 0.3) is 10.2 Å². The maximum atomic E-state index is 13.2. The standard InChI is InChI=1S/C23H20N2O3S/c1-15(17-10-6-3-7-11-17)24-22(27)19-20(26)21-18(12-13-29-21)25(23(19)28)14-16-8-4-2-5-9-16/h2-13,15,26H,14H2,1H3,(H,24,27). The zero-order valence-electron chi connectivity index (χ0n) is 15.8. The van der Waals surface area contributed by atoms with E-state index in [9.17, 15) is 14.7 Å². The molecule has 1 atom stereocenters. The Bertz CT molecular complexity index is 1210. The molecule has 0 aliphatic carbocycles. The van der Waals surface area contributed by atoms with Gasteiger partial charge in [0, 0.05) is 0 Å². The highest BCUT2D eigenvalue weighted by molar-refractivity contribution is 7.17. The maximum Gasteiger partial charge on any atom is 0.268 e. The number of thiophene rings is 1. The first-order valence-corrected chi connectivity index (χ1v) is 10.2. The van der Waals surface area contributed by atoms with E-state index in [1.807, 2.05) is 67.6 Å². The monoisotopic (exact) mass is 404 g/mol. The maximum absolute atomic E-state index is 13.2. The summed E-state index contributed by atoms with van der Waals surface area (Å²) in [4.78, 5) is 26.2. The lowest BCUT2D eigenvalue weighted by atomic mass is 10.1. The van der Waals surface area contributed by atoms with Gasteiger partial charge in [-0.05, 0) is 29.5 Å². The lowest BCUT2D eigenvalue weighted by molar-refractivity contribution is 0.0935. The Morgan fingerprint density at radius 3 is 2.41 bits per heavy atom. The number of carbonyl (C=O) groups excluding carboxylic acids is 1. The molecule has 0 radical (unpaired) electrons. The van der Waals surface area contributed by atoms with E-state index in [4.69, 9.17) is 0 Å². The van der Waals surface area contributed by atoms with Crippen LogP contribution in [0.5, 0.6) is 5.75 Å².